The Bertz CT molecular complexity index is 931. The fourth-order valence-corrected chi connectivity index (χ4v) is 5.70. The number of aryl methyl sites for hydroxylation is 1. The summed E-state index contributed by atoms with van der Waals surface area (Å²) in [5.74, 6) is -2.71. The van der Waals surface area contributed by atoms with E-state index in [2.05, 4.69) is 5.32 Å². The van der Waals surface area contributed by atoms with Crippen molar-refractivity contribution in [2.45, 2.75) is 59.3 Å². The normalized spacial score (nSPS) is 19.9. The molecule has 2 fully saturated rings. The molecular formula is C23H30N2O7S. The zero-order chi connectivity index (χ0) is 24.1. The van der Waals surface area contributed by atoms with Crippen molar-refractivity contribution in [1.82, 2.24) is 4.90 Å². The van der Waals surface area contributed by atoms with E-state index < -0.39 is 24.5 Å². The summed E-state index contributed by atoms with van der Waals surface area (Å²) in [5, 5.41) is 2.99. The Morgan fingerprint density at radius 3 is 2.27 bits per heavy atom. The van der Waals surface area contributed by atoms with Crippen LogP contribution in [-0.2, 0) is 35.1 Å². The molecule has 1 saturated carbocycles. The van der Waals surface area contributed by atoms with Crippen molar-refractivity contribution in [3.8, 4) is 0 Å². The molecule has 1 saturated heterocycles. The van der Waals surface area contributed by atoms with Gasteiger partial charge in [-0.1, -0.05) is 19.8 Å². The Balaban J connectivity index is 1.51. The van der Waals surface area contributed by atoms with Gasteiger partial charge in [-0.15, -0.1) is 11.3 Å². The van der Waals surface area contributed by atoms with Gasteiger partial charge in [0.2, 0.25) is 11.8 Å². The van der Waals surface area contributed by atoms with Crippen molar-refractivity contribution in [3.05, 3.63) is 16.0 Å². The third-order valence-electron chi connectivity index (χ3n) is 6.13. The van der Waals surface area contributed by atoms with Crippen LogP contribution in [0.4, 0.5) is 5.00 Å². The number of nitrogens with one attached hydrogen (secondary N) is 1. The number of anilines is 1. The summed E-state index contributed by atoms with van der Waals surface area (Å²) in [7, 11) is 0. The molecule has 0 spiro atoms. The van der Waals surface area contributed by atoms with Gasteiger partial charge in [0.05, 0.1) is 30.4 Å². The number of esters is 2. The van der Waals surface area contributed by atoms with E-state index >= 15 is 0 Å². The van der Waals surface area contributed by atoms with Crippen LogP contribution < -0.4 is 5.32 Å². The second kappa shape index (κ2) is 10.9. The first kappa shape index (κ1) is 24.9. The number of carbonyl (C=O) groups is 5. The van der Waals surface area contributed by atoms with Gasteiger partial charge in [-0.3, -0.25) is 24.1 Å². The van der Waals surface area contributed by atoms with Gasteiger partial charge in [0, 0.05) is 11.4 Å². The van der Waals surface area contributed by atoms with Crippen LogP contribution in [0, 0.1) is 18.8 Å². The highest BCUT2D eigenvalue weighted by molar-refractivity contribution is 7.16. The molecule has 9 nitrogen and oxygen atoms in total. The van der Waals surface area contributed by atoms with Crippen molar-refractivity contribution >= 4 is 46.0 Å². The SMILES string of the molecule is CCOC(=O)c1c(NC(=O)COC(=O)CCN2C(=O)C3CCCCC3C2=O)sc(C)c1CC. The maximum atomic E-state index is 12.5. The van der Waals surface area contributed by atoms with Gasteiger partial charge in [0.15, 0.2) is 6.61 Å². The fourth-order valence-electron chi connectivity index (χ4n) is 4.55. The number of nitrogens with zero attached hydrogens (tertiary/aromatic N) is 1. The second-order valence-electron chi connectivity index (χ2n) is 8.20. The summed E-state index contributed by atoms with van der Waals surface area (Å²) in [6, 6.07) is 0. The largest absolute Gasteiger partial charge is 0.462 e. The average Bonchev–Trinajstić information content (AvgIpc) is 3.24. The minimum absolute atomic E-state index is 0.0396. The fraction of sp³-hybridized carbons (Fsp3) is 0.609. The van der Waals surface area contributed by atoms with Crippen LogP contribution in [0.3, 0.4) is 0 Å². The maximum absolute atomic E-state index is 12.5. The van der Waals surface area contributed by atoms with Crippen LogP contribution in [0.25, 0.3) is 0 Å². The Hall–Kier alpha value is -2.75. The van der Waals surface area contributed by atoms with E-state index in [0.717, 1.165) is 28.2 Å². The van der Waals surface area contributed by atoms with E-state index in [1.54, 1.807) is 6.92 Å². The molecule has 1 N–H and O–H groups in total. The Kier molecular flexibility index (Phi) is 8.23. The molecule has 1 aromatic heterocycles. The summed E-state index contributed by atoms with van der Waals surface area (Å²) in [4.78, 5) is 63.8. The number of rotatable bonds is 9. The second-order valence-corrected chi connectivity index (χ2v) is 9.42. The van der Waals surface area contributed by atoms with Crippen molar-refractivity contribution in [1.29, 1.82) is 0 Å². The van der Waals surface area contributed by atoms with E-state index in [0.29, 0.717) is 29.8 Å². The van der Waals surface area contributed by atoms with Gasteiger partial charge in [-0.25, -0.2) is 4.79 Å². The van der Waals surface area contributed by atoms with Gasteiger partial charge in [0.25, 0.3) is 5.91 Å². The zero-order valence-corrected chi connectivity index (χ0v) is 20.0. The Morgan fingerprint density at radius 1 is 1.06 bits per heavy atom. The number of amides is 3. The first-order valence-corrected chi connectivity index (χ1v) is 12.2. The van der Waals surface area contributed by atoms with E-state index in [9.17, 15) is 24.0 Å². The number of likely N-dealkylation sites (tertiary alicyclic amines) is 1. The summed E-state index contributed by atoms with van der Waals surface area (Å²) in [6.45, 7) is 5.12. The molecule has 1 aliphatic carbocycles. The van der Waals surface area contributed by atoms with Crippen LogP contribution in [0.2, 0.25) is 0 Å². The quantitative estimate of drug-likeness (QED) is 0.428. The number of imide groups is 1. The van der Waals surface area contributed by atoms with Gasteiger partial charge < -0.3 is 14.8 Å². The monoisotopic (exact) mass is 478 g/mol. The lowest BCUT2D eigenvalue weighted by Gasteiger charge is -2.19. The molecule has 10 heteroatoms. The Labute approximate surface area is 196 Å². The van der Waals surface area contributed by atoms with Crippen LogP contribution in [-0.4, -0.2) is 54.3 Å². The van der Waals surface area contributed by atoms with Crippen LogP contribution in [0.15, 0.2) is 0 Å². The molecule has 3 rings (SSSR count). The lowest BCUT2D eigenvalue weighted by molar-refractivity contribution is -0.148. The standard InChI is InChI=1S/C23H30N2O7S/c1-4-14-13(3)33-20(19(14)23(30)31-5-2)24-17(26)12-32-18(27)10-11-25-21(28)15-8-6-7-9-16(15)22(25)29/h15-16H,4-12H2,1-3H3,(H,24,26). The molecule has 2 aliphatic rings. The molecule has 0 aromatic carbocycles. The number of ether oxygens (including phenoxy) is 2. The predicted octanol–water partition coefficient (Wildman–Crippen LogP) is 2.84. The summed E-state index contributed by atoms with van der Waals surface area (Å²) >= 11 is 1.26. The number of hydrogen-bond donors (Lipinski definition) is 1. The summed E-state index contributed by atoms with van der Waals surface area (Å²) < 4.78 is 10.1. The van der Waals surface area contributed by atoms with E-state index in [-0.39, 0.29) is 43.2 Å². The van der Waals surface area contributed by atoms with Gasteiger partial charge in [-0.2, -0.15) is 0 Å². The highest BCUT2D eigenvalue weighted by atomic mass is 32.1. The first-order valence-electron chi connectivity index (χ1n) is 11.4. The van der Waals surface area contributed by atoms with Crippen LogP contribution in [0.1, 0.15) is 66.8 Å². The van der Waals surface area contributed by atoms with E-state index in [4.69, 9.17) is 9.47 Å². The molecule has 2 atom stereocenters. The molecular weight excluding hydrogens is 448 g/mol. The van der Waals surface area contributed by atoms with Crippen molar-refractivity contribution in [2.75, 3.05) is 25.1 Å². The minimum Gasteiger partial charge on any atom is -0.462 e. The number of hydrogen-bond acceptors (Lipinski definition) is 8. The van der Waals surface area contributed by atoms with Crippen molar-refractivity contribution in [3.63, 3.8) is 0 Å². The lowest BCUT2D eigenvalue weighted by Crippen LogP contribution is -2.33. The van der Waals surface area contributed by atoms with E-state index in [1.807, 2.05) is 13.8 Å². The smallest absolute Gasteiger partial charge is 0.341 e. The maximum Gasteiger partial charge on any atom is 0.341 e. The third kappa shape index (κ3) is 5.43. The molecule has 33 heavy (non-hydrogen) atoms. The average molecular weight is 479 g/mol. The van der Waals surface area contributed by atoms with Crippen molar-refractivity contribution < 1.29 is 33.4 Å². The van der Waals surface area contributed by atoms with Crippen LogP contribution in [0.5, 0.6) is 0 Å². The van der Waals surface area contributed by atoms with Gasteiger partial charge in [0.1, 0.15) is 5.00 Å². The number of carbonyl (C=O) groups excluding carboxylic acids is 5. The van der Waals surface area contributed by atoms with Crippen LogP contribution >= 0.6 is 11.3 Å². The number of thiophene rings is 1. The molecule has 0 bridgehead atoms. The molecule has 180 valence electrons. The third-order valence-corrected chi connectivity index (χ3v) is 7.19. The van der Waals surface area contributed by atoms with Gasteiger partial charge in [-0.05, 0) is 38.7 Å². The Morgan fingerprint density at radius 2 is 1.70 bits per heavy atom. The first-order chi connectivity index (χ1) is 15.8. The molecule has 1 aliphatic heterocycles. The molecule has 1 aromatic rings. The lowest BCUT2D eigenvalue weighted by atomic mass is 9.81. The number of fused-ring (bicyclic) bond motifs is 1. The topological polar surface area (TPSA) is 119 Å². The molecule has 2 unspecified atom stereocenters. The highest BCUT2D eigenvalue weighted by Crippen LogP contribution is 2.38. The minimum atomic E-state index is -0.678. The van der Waals surface area contributed by atoms with Crippen molar-refractivity contribution in [2.24, 2.45) is 11.8 Å². The van der Waals surface area contributed by atoms with E-state index in [1.165, 1.54) is 11.3 Å². The predicted molar refractivity (Wildman–Crippen MR) is 121 cm³/mol. The summed E-state index contributed by atoms with van der Waals surface area (Å²) in [6.07, 6.45) is 3.74. The molecule has 0 radical (unpaired) electrons. The summed E-state index contributed by atoms with van der Waals surface area (Å²) in [5.41, 5.74) is 1.14. The van der Waals surface area contributed by atoms with Gasteiger partial charge >= 0.3 is 11.9 Å². The zero-order valence-electron chi connectivity index (χ0n) is 19.2. The highest BCUT2D eigenvalue weighted by Gasteiger charge is 2.47. The molecule has 2 heterocycles. The molecule has 3 amide bonds.